The molecular weight excluding hydrogens is 322 g/mol. The second-order valence-electron chi connectivity index (χ2n) is 6.02. The minimum atomic E-state index is -0.429. The van der Waals surface area contributed by atoms with Crippen LogP contribution in [-0.2, 0) is 11.2 Å². The number of urea groups is 1. The van der Waals surface area contributed by atoms with Crippen LogP contribution in [0.3, 0.4) is 0 Å². The Morgan fingerprint density at radius 1 is 1.25 bits per heavy atom. The van der Waals surface area contributed by atoms with E-state index in [1.807, 2.05) is 24.3 Å². The Morgan fingerprint density at radius 2 is 2.04 bits per heavy atom. The number of hydrogen-bond donors (Lipinski definition) is 1. The van der Waals surface area contributed by atoms with Crippen molar-refractivity contribution in [3.8, 4) is 0 Å². The zero-order valence-electron chi connectivity index (χ0n) is 13.7. The van der Waals surface area contributed by atoms with Crippen molar-refractivity contribution >= 4 is 40.1 Å². The number of aryl methyl sites for hydroxylation is 1. The van der Waals surface area contributed by atoms with Crippen molar-refractivity contribution in [2.75, 3.05) is 11.1 Å². The van der Waals surface area contributed by atoms with Gasteiger partial charge in [-0.15, -0.1) is 0 Å². The lowest BCUT2D eigenvalue weighted by Crippen LogP contribution is -2.31. The Hall–Kier alpha value is -1.95. The molecule has 3 amide bonds. The van der Waals surface area contributed by atoms with Crippen molar-refractivity contribution in [2.24, 2.45) is 15.9 Å². The Bertz CT molecular complexity index is 695. The predicted octanol–water partition coefficient (Wildman–Crippen LogP) is 4.08. The fourth-order valence-electron chi connectivity index (χ4n) is 3.01. The van der Waals surface area contributed by atoms with Crippen LogP contribution in [0, 0.1) is 5.92 Å². The zero-order chi connectivity index (χ0) is 16.9. The second kappa shape index (κ2) is 7.75. The summed E-state index contributed by atoms with van der Waals surface area (Å²) in [6.07, 6.45) is 5.01. The first-order valence-electron chi connectivity index (χ1n) is 8.37. The molecule has 0 bridgehead atoms. The van der Waals surface area contributed by atoms with E-state index in [0.717, 1.165) is 48.5 Å². The normalized spacial score (nSPS) is 20.0. The van der Waals surface area contributed by atoms with Gasteiger partial charge in [-0.05, 0) is 43.4 Å². The van der Waals surface area contributed by atoms with E-state index in [4.69, 9.17) is 0 Å². The van der Waals surface area contributed by atoms with E-state index in [-0.39, 0.29) is 17.6 Å². The van der Waals surface area contributed by atoms with Gasteiger partial charge in [-0.2, -0.15) is 4.99 Å². The van der Waals surface area contributed by atoms with Gasteiger partial charge in [-0.25, -0.2) is 9.79 Å². The van der Waals surface area contributed by atoms with Gasteiger partial charge in [0.2, 0.25) is 5.91 Å². The lowest BCUT2D eigenvalue weighted by Gasteiger charge is -2.26. The topological polar surface area (TPSA) is 70.9 Å². The van der Waals surface area contributed by atoms with Crippen LogP contribution in [0.5, 0.6) is 0 Å². The van der Waals surface area contributed by atoms with Gasteiger partial charge in [0.15, 0.2) is 0 Å². The Balaban J connectivity index is 1.56. The van der Waals surface area contributed by atoms with Gasteiger partial charge in [-0.1, -0.05) is 37.2 Å². The van der Waals surface area contributed by atoms with Crippen LogP contribution in [-0.4, -0.2) is 28.4 Å². The number of carbonyl (C=O) groups is 2. The molecule has 1 aromatic carbocycles. The molecule has 2 aliphatic rings. The smallest absolute Gasteiger partial charge is 0.325 e. The summed E-state index contributed by atoms with van der Waals surface area (Å²) in [6.45, 7) is 2.10. The summed E-state index contributed by atoms with van der Waals surface area (Å²) in [5, 5.41) is 3.64. The summed E-state index contributed by atoms with van der Waals surface area (Å²) in [7, 11) is 0. The third kappa shape index (κ3) is 4.12. The number of anilines is 1. The minimum absolute atomic E-state index is 0.0840. The Kier molecular flexibility index (Phi) is 5.45. The number of carbonyl (C=O) groups excluding carboxylic acids is 2. The van der Waals surface area contributed by atoms with Crippen LogP contribution >= 0.6 is 11.8 Å². The van der Waals surface area contributed by atoms with Gasteiger partial charge >= 0.3 is 6.03 Å². The SMILES string of the molecule is CCc1ccc(NC(=O)CSC2=NC(=O)N=C3CCCCC32)cc1. The van der Waals surface area contributed by atoms with Crippen molar-refractivity contribution in [3.63, 3.8) is 0 Å². The van der Waals surface area contributed by atoms with Gasteiger partial charge in [0.1, 0.15) is 0 Å². The van der Waals surface area contributed by atoms with Gasteiger partial charge in [0.05, 0.1) is 10.8 Å². The van der Waals surface area contributed by atoms with Crippen LogP contribution in [0.25, 0.3) is 0 Å². The van der Waals surface area contributed by atoms with E-state index < -0.39 is 6.03 Å². The quantitative estimate of drug-likeness (QED) is 0.895. The molecule has 24 heavy (non-hydrogen) atoms. The fraction of sp³-hybridized carbons (Fsp3) is 0.444. The molecule has 1 aliphatic carbocycles. The molecule has 1 fully saturated rings. The number of aliphatic imine (C=N–C) groups is 2. The predicted molar refractivity (Wildman–Crippen MR) is 99.1 cm³/mol. The maximum atomic E-state index is 12.1. The summed E-state index contributed by atoms with van der Waals surface area (Å²) in [5.41, 5.74) is 2.97. The first kappa shape index (κ1) is 16.9. The fourth-order valence-corrected chi connectivity index (χ4v) is 3.96. The number of amides is 3. The molecule has 126 valence electrons. The third-order valence-electron chi connectivity index (χ3n) is 4.32. The van der Waals surface area contributed by atoms with E-state index in [2.05, 4.69) is 22.2 Å². The Labute approximate surface area is 146 Å². The third-order valence-corrected chi connectivity index (χ3v) is 5.40. The lowest BCUT2D eigenvalue weighted by molar-refractivity contribution is -0.113. The maximum Gasteiger partial charge on any atom is 0.367 e. The average molecular weight is 343 g/mol. The van der Waals surface area contributed by atoms with Crippen molar-refractivity contribution < 1.29 is 9.59 Å². The molecule has 1 saturated carbocycles. The molecule has 1 aromatic rings. The largest absolute Gasteiger partial charge is 0.367 e. The number of rotatable bonds is 4. The van der Waals surface area contributed by atoms with Crippen LogP contribution in [0.1, 0.15) is 38.2 Å². The van der Waals surface area contributed by atoms with E-state index in [1.165, 1.54) is 17.3 Å². The molecule has 0 aromatic heterocycles. The van der Waals surface area contributed by atoms with Crippen LogP contribution in [0.15, 0.2) is 34.3 Å². The molecule has 0 radical (unpaired) electrons. The molecule has 5 nitrogen and oxygen atoms in total. The van der Waals surface area contributed by atoms with Gasteiger partial charge in [0.25, 0.3) is 0 Å². The number of nitrogens with one attached hydrogen (secondary N) is 1. The van der Waals surface area contributed by atoms with Gasteiger partial charge in [0, 0.05) is 17.3 Å². The molecule has 3 rings (SSSR count). The highest BCUT2D eigenvalue weighted by Gasteiger charge is 2.30. The number of benzene rings is 1. The standard InChI is InChI=1S/C18H21N3O2S/c1-2-12-7-9-13(10-8-12)19-16(22)11-24-17-14-5-3-4-6-15(14)20-18(23)21-17/h7-10,14H,2-6,11H2,1H3,(H,19,22). The van der Waals surface area contributed by atoms with Crippen molar-refractivity contribution in [3.05, 3.63) is 29.8 Å². The highest BCUT2D eigenvalue weighted by Crippen LogP contribution is 2.30. The number of nitrogens with zero attached hydrogens (tertiary/aromatic N) is 2. The van der Waals surface area contributed by atoms with E-state index in [0.29, 0.717) is 0 Å². The highest BCUT2D eigenvalue weighted by atomic mass is 32.2. The van der Waals surface area contributed by atoms with Crippen LogP contribution in [0.2, 0.25) is 0 Å². The van der Waals surface area contributed by atoms with E-state index >= 15 is 0 Å². The molecule has 6 heteroatoms. The van der Waals surface area contributed by atoms with Crippen LogP contribution in [0.4, 0.5) is 10.5 Å². The van der Waals surface area contributed by atoms with E-state index in [9.17, 15) is 9.59 Å². The first-order chi connectivity index (χ1) is 11.7. The van der Waals surface area contributed by atoms with Gasteiger partial charge < -0.3 is 5.32 Å². The summed E-state index contributed by atoms with van der Waals surface area (Å²) in [5.74, 6) is 0.308. The van der Waals surface area contributed by atoms with Crippen molar-refractivity contribution in [1.29, 1.82) is 0 Å². The Morgan fingerprint density at radius 3 is 2.79 bits per heavy atom. The molecule has 0 saturated heterocycles. The molecule has 0 spiro atoms. The summed E-state index contributed by atoms with van der Waals surface area (Å²) >= 11 is 1.36. The van der Waals surface area contributed by atoms with E-state index in [1.54, 1.807) is 0 Å². The lowest BCUT2D eigenvalue weighted by atomic mass is 9.87. The monoisotopic (exact) mass is 343 g/mol. The molecular formula is C18H21N3O2S. The molecule has 1 aliphatic heterocycles. The first-order valence-corrected chi connectivity index (χ1v) is 9.36. The van der Waals surface area contributed by atoms with Crippen molar-refractivity contribution in [1.82, 2.24) is 0 Å². The molecule has 1 atom stereocenters. The molecule has 1 unspecified atom stereocenters. The maximum absolute atomic E-state index is 12.1. The summed E-state index contributed by atoms with van der Waals surface area (Å²) in [4.78, 5) is 31.9. The number of hydrogen-bond acceptors (Lipinski definition) is 3. The highest BCUT2D eigenvalue weighted by molar-refractivity contribution is 8.14. The number of fused-ring (bicyclic) bond motifs is 1. The molecule has 1 heterocycles. The zero-order valence-corrected chi connectivity index (χ0v) is 14.6. The minimum Gasteiger partial charge on any atom is -0.325 e. The summed E-state index contributed by atoms with van der Waals surface area (Å²) in [6, 6.07) is 7.42. The van der Waals surface area contributed by atoms with Gasteiger partial charge in [-0.3, -0.25) is 4.79 Å². The number of thioether (sulfide) groups is 1. The second-order valence-corrected chi connectivity index (χ2v) is 7.02. The molecule has 1 N–H and O–H groups in total. The van der Waals surface area contributed by atoms with Crippen molar-refractivity contribution in [2.45, 2.75) is 39.0 Å². The van der Waals surface area contributed by atoms with Crippen LogP contribution < -0.4 is 5.32 Å². The average Bonchev–Trinajstić information content (AvgIpc) is 2.60. The summed E-state index contributed by atoms with van der Waals surface area (Å²) < 4.78 is 0.